The zero-order chi connectivity index (χ0) is 13.9. The Balaban J connectivity index is 2.10. The van der Waals surface area contributed by atoms with Gasteiger partial charge in [-0.3, -0.25) is 4.98 Å². The summed E-state index contributed by atoms with van der Waals surface area (Å²) in [5, 5.41) is 13.6. The smallest absolute Gasteiger partial charge is 0.101 e. The van der Waals surface area contributed by atoms with Gasteiger partial charge in [-0.15, -0.1) is 0 Å². The summed E-state index contributed by atoms with van der Waals surface area (Å²) in [6.07, 6.45) is 1.77. The second-order valence-electron chi connectivity index (χ2n) is 4.67. The second kappa shape index (κ2) is 5.02. The number of fused-ring (bicyclic) bond motifs is 1. The molecular weight excluding hydrogens is 246 g/mol. The predicted octanol–water partition coefficient (Wildman–Crippen LogP) is 4.16. The van der Waals surface area contributed by atoms with Gasteiger partial charge in [0.05, 0.1) is 22.5 Å². The highest BCUT2D eigenvalue weighted by atomic mass is 14.9. The van der Waals surface area contributed by atoms with E-state index in [1.165, 1.54) is 0 Å². The maximum atomic E-state index is 9.19. The SMILES string of the molecule is Cc1ccc(C#N)c(Nc2cccc3cccnc23)c1. The van der Waals surface area contributed by atoms with E-state index in [1.807, 2.05) is 55.5 Å². The number of anilines is 2. The van der Waals surface area contributed by atoms with Gasteiger partial charge < -0.3 is 5.32 Å². The van der Waals surface area contributed by atoms with Gasteiger partial charge in [-0.05, 0) is 36.8 Å². The van der Waals surface area contributed by atoms with Crippen molar-refractivity contribution in [2.45, 2.75) is 6.92 Å². The van der Waals surface area contributed by atoms with Crippen LogP contribution in [0.2, 0.25) is 0 Å². The molecule has 96 valence electrons. The Labute approximate surface area is 117 Å². The largest absolute Gasteiger partial charge is 0.353 e. The lowest BCUT2D eigenvalue weighted by atomic mass is 10.1. The zero-order valence-electron chi connectivity index (χ0n) is 11.1. The van der Waals surface area contributed by atoms with Crippen molar-refractivity contribution in [2.75, 3.05) is 5.32 Å². The Kier molecular flexibility index (Phi) is 3.06. The van der Waals surface area contributed by atoms with Gasteiger partial charge in [0, 0.05) is 11.6 Å². The number of hydrogen-bond acceptors (Lipinski definition) is 3. The van der Waals surface area contributed by atoms with Crippen molar-refractivity contribution >= 4 is 22.3 Å². The van der Waals surface area contributed by atoms with Gasteiger partial charge in [0.25, 0.3) is 0 Å². The molecule has 2 aromatic carbocycles. The third kappa shape index (κ3) is 2.19. The lowest BCUT2D eigenvalue weighted by Gasteiger charge is -2.11. The number of nitriles is 1. The lowest BCUT2D eigenvalue weighted by molar-refractivity contribution is 1.39. The molecule has 3 heteroatoms. The minimum atomic E-state index is 0.628. The number of hydrogen-bond donors (Lipinski definition) is 1. The van der Waals surface area contributed by atoms with E-state index in [1.54, 1.807) is 6.20 Å². The van der Waals surface area contributed by atoms with E-state index >= 15 is 0 Å². The molecule has 0 aliphatic rings. The van der Waals surface area contributed by atoms with Crippen LogP contribution in [0.4, 0.5) is 11.4 Å². The van der Waals surface area contributed by atoms with Crippen molar-refractivity contribution in [1.29, 1.82) is 5.26 Å². The fourth-order valence-electron chi connectivity index (χ4n) is 2.21. The summed E-state index contributed by atoms with van der Waals surface area (Å²) in [4.78, 5) is 4.41. The Bertz CT molecular complexity index is 811. The molecule has 0 saturated carbocycles. The van der Waals surface area contributed by atoms with Crippen molar-refractivity contribution in [3.8, 4) is 6.07 Å². The summed E-state index contributed by atoms with van der Waals surface area (Å²) in [7, 11) is 0. The summed E-state index contributed by atoms with van der Waals surface area (Å²) in [5.41, 5.74) is 4.36. The summed E-state index contributed by atoms with van der Waals surface area (Å²) < 4.78 is 0. The molecule has 20 heavy (non-hydrogen) atoms. The second-order valence-corrected chi connectivity index (χ2v) is 4.67. The Hall–Kier alpha value is -2.86. The van der Waals surface area contributed by atoms with Gasteiger partial charge in [-0.1, -0.05) is 24.3 Å². The molecule has 0 unspecified atom stereocenters. The summed E-state index contributed by atoms with van der Waals surface area (Å²) in [5.74, 6) is 0. The van der Waals surface area contributed by atoms with E-state index in [9.17, 15) is 5.26 Å². The van der Waals surface area contributed by atoms with E-state index in [0.717, 1.165) is 27.8 Å². The number of rotatable bonds is 2. The van der Waals surface area contributed by atoms with Gasteiger partial charge in [0.15, 0.2) is 0 Å². The van der Waals surface area contributed by atoms with Crippen molar-refractivity contribution in [3.63, 3.8) is 0 Å². The number of aryl methyl sites for hydroxylation is 1. The molecule has 3 rings (SSSR count). The van der Waals surface area contributed by atoms with Crippen LogP contribution in [0.25, 0.3) is 10.9 Å². The molecule has 1 N–H and O–H groups in total. The first-order valence-electron chi connectivity index (χ1n) is 6.39. The maximum Gasteiger partial charge on any atom is 0.101 e. The number of pyridine rings is 1. The van der Waals surface area contributed by atoms with E-state index in [-0.39, 0.29) is 0 Å². The van der Waals surface area contributed by atoms with Crippen LogP contribution in [-0.2, 0) is 0 Å². The first-order valence-corrected chi connectivity index (χ1v) is 6.39. The molecule has 0 bridgehead atoms. The van der Waals surface area contributed by atoms with Crippen molar-refractivity contribution in [1.82, 2.24) is 4.98 Å². The first-order chi connectivity index (χ1) is 9.78. The van der Waals surface area contributed by atoms with Crippen LogP contribution in [0.1, 0.15) is 11.1 Å². The van der Waals surface area contributed by atoms with Crippen molar-refractivity contribution in [2.24, 2.45) is 0 Å². The van der Waals surface area contributed by atoms with Crippen molar-refractivity contribution < 1.29 is 0 Å². The van der Waals surface area contributed by atoms with Crippen LogP contribution in [0.3, 0.4) is 0 Å². The Morgan fingerprint density at radius 1 is 1.05 bits per heavy atom. The number of benzene rings is 2. The zero-order valence-corrected chi connectivity index (χ0v) is 11.1. The molecule has 1 aromatic heterocycles. The van der Waals surface area contributed by atoms with E-state index < -0.39 is 0 Å². The van der Waals surface area contributed by atoms with Gasteiger partial charge in [-0.25, -0.2) is 0 Å². The van der Waals surface area contributed by atoms with Gasteiger partial charge in [0.2, 0.25) is 0 Å². The van der Waals surface area contributed by atoms with E-state index in [4.69, 9.17) is 0 Å². The fourth-order valence-corrected chi connectivity index (χ4v) is 2.21. The van der Waals surface area contributed by atoms with Gasteiger partial charge >= 0.3 is 0 Å². The highest BCUT2D eigenvalue weighted by molar-refractivity contribution is 5.92. The summed E-state index contributed by atoms with van der Waals surface area (Å²) >= 11 is 0. The topological polar surface area (TPSA) is 48.7 Å². The van der Waals surface area contributed by atoms with Crippen molar-refractivity contribution in [3.05, 3.63) is 65.9 Å². The monoisotopic (exact) mass is 259 g/mol. The number of nitrogens with one attached hydrogen (secondary N) is 1. The van der Waals surface area contributed by atoms with Crippen LogP contribution in [0.15, 0.2) is 54.7 Å². The number of aromatic nitrogens is 1. The van der Waals surface area contributed by atoms with Crippen LogP contribution >= 0.6 is 0 Å². The van der Waals surface area contributed by atoms with Gasteiger partial charge in [0.1, 0.15) is 6.07 Å². The third-order valence-electron chi connectivity index (χ3n) is 3.20. The summed E-state index contributed by atoms with van der Waals surface area (Å²) in [6, 6.07) is 17.9. The normalized spacial score (nSPS) is 10.2. The molecule has 0 atom stereocenters. The Morgan fingerprint density at radius 2 is 1.90 bits per heavy atom. The van der Waals surface area contributed by atoms with Crippen LogP contribution in [-0.4, -0.2) is 4.98 Å². The molecular formula is C17H13N3. The highest BCUT2D eigenvalue weighted by Gasteiger charge is 2.06. The van der Waals surface area contributed by atoms with Crippen LogP contribution in [0, 0.1) is 18.3 Å². The number of nitrogens with zero attached hydrogens (tertiary/aromatic N) is 2. The molecule has 3 aromatic rings. The first kappa shape index (κ1) is 12.2. The standard InChI is InChI=1S/C17H13N3/c1-12-7-8-14(11-18)16(10-12)20-15-6-2-4-13-5-3-9-19-17(13)15/h2-10,20H,1H3. The van der Waals surface area contributed by atoms with E-state index in [2.05, 4.69) is 16.4 Å². The molecule has 0 aliphatic carbocycles. The molecule has 0 amide bonds. The molecule has 0 spiro atoms. The summed E-state index contributed by atoms with van der Waals surface area (Å²) in [6.45, 7) is 2.01. The fraction of sp³-hybridized carbons (Fsp3) is 0.0588. The average molecular weight is 259 g/mol. The maximum absolute atomic E-state index is 9.19. The molecule has 1 heterocycles. The molecule has 0 radical (unpaired) electrons. The Morgan fingerprint density at radius 3 is 2.75 bits per heavy atom. The van der Waals surface area contributed by atoms with Gasteiger partial charge in [-0.2, -0.15) is 5.26 Å². The highest BCUT2D eigenvalue weighted by Crippen LogP contribution is 2.26. The van der Waals surface area contributed by atoms with Crippen LogP contribution < -0.4 is 5.32 Å². The minimum Gasteiger partial charge on any atom is -0.353 e. The van der Waals surface area contributed by atoms with Crippen LogP contribution in [0.5, 0.6) is 0 Å². The minimum absolute atomic E-state index is 0.628. The van der Waals surface area contributed by atoms with E-state index in [0.29, 0.717) is 5.56 Å². The quantitative estimate of drug-likeness (QED) is 0.751. The average Bonchev–Trinajstić information content (AvgIpc) is 2.48. The molecule has 0 aliphatic heterocycles. The molecule has 3 nitrogen and oxygen atoms in total. The predicted molar refractivity (Wildman–Crippen MR) is 80.9 cm³/mol. The lowest BCUT2D eigenvalue weighted by Crippen LogP contribution is -1.96. The molecule has 0 saturated heterocycles. The number of para-hydroxylation sites is 1. The third-order valence-corrected chi connectivity index (χ3v) is 3.20. The molecule has 0 fully saturated rings.